The fraction of sp³-hybridized carbons (Fsp3) is 0.300. The van der Waals surface area contributed by atoms with Gasteiger partial charge in [0.2, 0.25) is 5.91 Å². The summed E-state index contributed by atoms with van der Waals surface area (Å²) in [4.78, 5) is 26.9. The summed E-state index contributed by atoms with van der Waals surface area (Å²) >= 11 is 0. The van der Waals surface area contributed by atoms with Crippen LogP contribution in [0.15, 0.2) is 36.4 Å². The molecule has 0 radical (unpaired) electrons. The number of esters is 1. The number of fused-ring (bicyclic) bond motifs is 3. The zero-order chi connectivity index (χ0) is 17.6. The van der Waals surface area contributed by atoms with Crippen LogP contribution < -0.4 is 15.0 Å². The van der Waals surface area contributed by atoms with E-state index in [1.807, 2.05) is 38.1 Å². The van der Waals surface area contributed by atoms with Crippen LogP contribution in [0.25, 0.3) is 0 Å². The number of hydrogen-bond donors (Lipinski definition) is 1. The molecule has 0 saturated carbocycles. The molecule has 2 aromatic carbocycles. The van der Waals surface area contributed by atoms with Gasteiger partial charge in [-0.25, -0.2) is 4.79 Å². The van der Waals surface area contributed by atoms with Gasteiger partial charge in [0.05, 0.1) is 16.9 Å². The zero-order valence-electron chi connectivity index (χ0n) is 14.3. The van der Waals surface area contributed by atoms with Gasteiger partial charge in [0.1, 0.15) is 11.8 Å². The lowest BCUT2D eigenvalue weighted by molar-refractivity contribution is -0.117. The highest BCUT2D eigenvalue weighted by Crippen LogP contribution is 2.37. The predicted octanol–water partition coefficient (Wildman–Crippen LogP) is 3.44. The monoisotopic (exact) mass is 336 g/mol. The molecule has 128 valence electrons. The second-order valence-corrected chi connectivity index (χ2v) is 6.68. The van der Waals surface area contributed by atoms with Crippen molar-refractivity contribution in [1.82, 2.24) is 0 Å². The number of rotatable bonds is 2. The molecule has 5 heteroatoms. The number of ether oxygens (including phenoxy) is 1. The van der Waals surface area contributed by atoms with Gasteiger partial charge in [-0.3, -0.25) is 4.79 Å². The lowest BCUT2D eigenvalue weighted by atomic mass is 10.1. The summed E-state index contributed by atoms with van der Waals surface area (Å²) in [6, 6.07) is 11.0. The van der Waals surface area contributed by atoms with Crippen LogP contribution >= 0.6 is 0 Å². The van der Waals surface area contributed by atoms with Crippen LogP contribution in [0.5, 0.6) is 5.75 Å². The highest BCUT2D eigenvalue weighted by atomic mass is 16.5. The largest absolute Gasteiger partial charge is 0.422 e. The summed E-state index contributed by atoms with van der Waals surface area (Å²) in [5, 5.41) is 2.92. The summed E-state index contributed by atoms with van der Waals surface area (Å²) < 4.78 is 5.60. The SMILES string of the molecule is Cc1cccc(C)c1OC(=O)c1ccc2c(c1)NC(=O)[C@@H]1CCCN21. The van der Waals surface area contributed by atoms with Crippen molar-refractivity contribution >= 4 is 23.3 Å². The van der Waals surface area contributed by atoms with Crippen LogP contribution in [0.1, 0.15) is 34.3 Å². The third kappa shape index (κ3) is 2.65. The van der Waals surface area contributed by atoms with Gasteiger partial charge in [-0.1, -0.05) is 18.2 Å². The number of benzene rings is 2. The highest BCUT2D eigenvalue weighted by molar-refractivity contribution is 6.05. The van der Waals surface area contributed by atoms with Crippen molar-refractivity contribution in [1.29, 1.82) is 0 Å². The third-order valence-electron chi connectivity index (χ3n) is 4.96. The molecule has 0 spiro atoms. The lowest BCUT2D eigenvalue weighted by Crippen LogP contribution is -2.43. The Morgan fingerprint density at radius 3 is 2.72 bits per heavy atom. The molecule has 2 aliphatic rings. The average molecular weight is 336 g/mol. The second-order valence-electron chi connectivity index (χ2n) is 6.68. The first kappa shape index (κ1) is 15.7. The van der Waals surface area contributed by atoms with E-state index in [4.69, 9.17) is 4.74 Å². The molecule has 4 rings (SSSR count). The maximum atomic E-state index is 12.6. The molecule has 2 aromatic rings. The summed E-state index contributed by atoms with van der Waals surface area (Å²) in [7, 11) is 0. The number of amides is 1. The van der Waals surface area contributed by atoms with E-state index in [0.717, 1.165) is 36.2 Å². The molecule has 1 N–H and O–H groups in total. The van der Waals surface area contributed by atoms with Gasteiger partial charge < -0.3 is 15.0 Å². The quantitative estimate of drug-likeness (QED) is 0.674. The molecule has 2 heterocycles. The van der Waals surface area contributed by atoms with Gasteiger partial charge in [0.15, 0.2) is 0 Å². The Hall–Kier alpha value is -2.82. The average Bonchev–Trinajstić information content (AvgIpc) is 3.08. The topological polar surface area (TPSA) is 58.6 Å². The Kier molecular flexibility index (Phi) is 3.71. The van der Waals surface area contributed by atoms with Gasteiger partial charge in [0, 0.05) is 6.54 Å². The first-order chi connectivity index (χ1) is 12.0. The summed E-state index contributed by atoms with van der Waals surface area (Å²) in [6.07, 6.45) is 1.88. The van der Waals surface area contributed by atoms with Crippen LogP contribution in [0, 0.1) is 13.8 Å². The molecule has 1 fully saturated rings. The number of nitrogens with zero attached hydrogens (tertiary/aromatic N) is 1. The van der Waals surface area contributed by atoms with E-state index in [0.29, 0.717) is 17.0 Å². The summed E-state index contributed by atoms with van der Waals surface area (Å²) in [5.41, 5.74) is 3.92. The van der Waals surface area contributed by atoms with Crippen LogP contribution in [-0.4, -0.2) is 24.5 Å². The number of nitrogens with one attached hydrogen (secondary N) is 1. The number of anilines is 2. The fourth-order valence-corrected chi connectivity index (χ4v) is 3.67. The molecule has 0 bridgehead atoms. The maximum absolute atomic E-state index is 12.6. The molecule has 1 atom stereocenters. The summed E-state index contributed by atoms with van der Waals surface area (Å²) in [6.45, 7) is 4.70. The smallest absolute Gasteiger partial charge is 0.343 e. The van der Waals surface area contributed by atoms with E-state index in [9.17, 15) is 9.59 Å². The third-order valence-corrected chi connectivity index (χ3v) is 4.96. The fourth-order valence-electron chi connectivity index (χ4n) is 3.67. The predicted molar refractivity (Wildman–Crippen MR) is 96.3 cm³/mol. The van der Waals surface area contributed by atoms with E-state index in [2.05, 4.69) is 10.2 Å². The minimum absolute atomic E-state index is 0.00488. The minimum Gasteiger partial charge on any atom is -0.422 e. The Balaban J connectivity index is 1.63. The lowest BCUT2D eigenvalue weighted by Gasteiger charge is -2.33. The van der Waals surface area contributed by atoms with Gasteiger partial charge in [0.25, 0.3) is 0 Å². The molecule has 1 amide bonds. The maximum Gasteiger partial charge on any atom is 0.343 e. The van der Waals surface area contributed by atoms with Gasteiger partial charge in [-0.15, -0.1) is 0 Å². The molecule has 25 heavy (non-hydrogen) atoms. The van der Waals surface area contributed by atoms with Crippen molar-refractivity contribution in [2.45, 2.75) is 32.7 Å². The van der Waals surface area contributed by atoms with Crippen molar-refractivity contribution in [3.63, 3.8) is 0 Å². The van der Waals surface area contributed by atoms with Crippen molar-refractivity contribution in [3.8, 4) is 5.75 Å². The van der Waals surface area contributed by atoms with Crippen LogP contribution in [-0.2, 0) is 4.79 Å². The molecule has 0 unspecified atom stereocenters. The minimum atomic E-state index is -0.419. The molecule has 0 aromatic heterocycles. The molecular formula is C20H20N2O3. The van der Waals surface area contributed by atoms with E-state index in [-0.39, 0.29) is 11.9 Å². The molecule has 0 aliphatic carbocycles. The number of hydrogen-bond acceptors (Lipinski definition) is 4. The van der Waals surface area contributed by atoms with Crippen LogP contribution in [0.4, 0.5) is 11.4 Å². The zero-order valence-corrected chi connectivity index (χ0v) is 14.3. The molecule has 5 nitrogen and oxygen atoms in total. The first-order valence-corrected chi connectivity index (χ1v) is 8.54. The van der Waals surface area contributed by atoms with E-state index < -0.39 is 5.97 Å². The normalized spacial score (nSPS) is 18.4. The number of para-hydroxylation sites is 1. The molecule has 2 aliphatic heterocycles. The highest BCUT2D eigenvalue weighted by Gasteiger charge is 2.36. The standard InChI is InChI=1S/C20H20N2O3/c1-12-5-3-6-13(2)18(12)25-20(24)14-8-9-16-15(11-14)21-19(23)17-7-4-10-22(16)17/h3,5-6,8-9,11,17H,4,7,10H2,1-2H3,(H,21,23)/t17-/m0/s1. The summed E-state index contributed by atoms with van der Waals surface area (Å²) in [5.74, 6) is 0.178. The Bertz CT molecular complexity index is 855. The van der Waals surface area contributed by atoms with Crippen molar-refractivity contribution in [3.05, 3.63) is 53.1 Å². The number of aryl methyl sites for hydroxylation is 2. The van der Waals surface area contributed by atoms with E-state index >= 15 is 0 Å². The van der Waals surface area contributed by atoms with Crippen molar-refractivity contribution in [2.24, 2.45) is 0 Å². The Morgan fingerprint density at radius 1 is 1.20 bits per heavy atom. The molecule has 1 saturated heterocycles. The van der Waals surface area contributed by atoms with E-state index in [1.54, 1.807) is 12.1 Å². The van der Waals surface area contributed by atoms with Gasteiger partial charge in [-0.05, 0) is 56.0 Å². The number of carbonyl (C=O) groups is 2. The van der Waals surface area contributed by atoms with Crippen molar-refractivity contribution in [2.75, 3.05) is 16.8 Å². The first-order valence-electron chi connectivity index (χ1n) is 8.54. The second kappa shape index (κ2) is 5.92. The van der Waals surface area contributed by atoms with Gasteiger partial charge >= 0.3 is 5.97 Å². The van der Waals surface area contributed by atoms with Crippen LogP contribution in [0.2, 0.25) is 0 Å². The number of carbonyl (C=O) groups excluding carboxylic acids is 2. The van der Waals surface area contributed by atoms with Gasteiger partial charge in [-0.2, -0.15) is 0 Å². The van der Waals surface area contributed by atoms with Crippen molar-refractivity contribution < 1.29 is 14.3 Å². The Labute approximate surface area is 146 Å². The van der Waals surface area contributed by atoms with Crippen LogP contribution in [0.3, 0.4) is 0 Å². The Morgan fingerprint density at radius 2 is 1.96 bits per heavy atom. The molecular weight excluding hydrogens is 316 g/mol. The van der Waals surface area contributed by atoms with E-state index in [1.165, 1.54) is 0 Å².